The highest BCUT2D eigenvalue weighted by atomic mass is 32.2. The Kier molecular flexibility index (Phi) is 5.01. The van der Waals surface area contributed by atoms with Crippen LogP contribution in [0.25, 0.3) is 0 Å². The smallest absolute Gasteiger partial charge is 0.232 e. The Morgan fingerprint density at radius 3 is 2.53 bits per heavy atom. The molecule has 0 aliphatic heterocycles. The average molecular weight is 258 g/mol. The van der Waals surface area contributed by atoms with Crippen molar-refractivity contribution >= 4 is 11.8 Å². The third-order valence-corrected chi connectivity index (χ3v) is 3.73. The van der Waals surface area contributed by atoms with Crippen molar-refractivity contribution in [2.75, 3.05) is 0 Å². The van der Waals surface area contributed by atoms with Crippen molar-refractivity contribution in [3.63, 3.8) is 0 Å². The molecule has 1 aromatic heterocycles. The molecule has 1 rings (SSSR count). The van der Waals surface area contributed by atoms with Gasteiger partial charge in [0.25, 0.3) is 0 Å². The number of rotatable bonds is 5. The van der Waals surface area contributed by atoms with Gasteiger partial charge in [-0.15, -0.1) is 11.8 Å². The number of hydrogen-bond acceptors (Lipinski definition) is 5. The Hall–Kier alpha value is -0.550. The molecule has 1 N–H and O–H groups in total. The van der Waals surface area contributed by atoms with Crippen LogP contribution in [0.15, 0.2) is 4.52 Å². The highest BCUT2D eigenvalue weighted by Gasteiger charge is 2.22. The number of thioether (sulfide) groups is 1. The van der Waals surface area contributed by atoms with E-state index in [1.165, 1.54) is 0 Å². The van der Waals surface area contributed by atoms with Crippen LogP contribution in [0.4, 0.5) is 0 Å². The third-order valence-electron chi connectivity index (χ3n) is 2.46. The van der Waals surface area contributed by atoms with Crippen LogP contribution >= 0.6 is 11.8 Å². The average Bonchev–Trinajstić information content (AvgIpc) is 2.63. The van der Waals surface area contributed by atoms with Gasteiger partial charge in [-0.05, 0) is 13.3 Å². The van der Waals surface area contributed by atoms with Crippen molar-refractivity contribution in [1.29, 1.82) is 0 Å². The molecule has 2 unspecified atom stereocenters. The van der Waals surface area contributed by atoms with E-state index in [1.807, 2.05) is 6.92 Å². The fraction of sp³-hybridized carbons (Fsp3) is 0.833. The molecule has 2 atom stereocenters. The van der Waals surface area contributed by atoms with Gasteiger partial charge in [0.1, 0.15) is 0 Å². The van der Waals surface area contributed by atoms with Crippen molar-refractivity contribution < 1.29 is 9.63 Å². The standard InChI is InChI=1S/C12H22N2O2S/c1-6-9(8(2)15)11-13-10(14-16-11)7-17-12(3,4)5/h8-9,15H,6-7H2,1-5H3. The molecule has 1 heterocycles. The molecule has 1 aromatic rings. The minimum Gasteiger partial charge on any atom is -0.393 e. The summed E-state index contributed by atoms with van der Waals surface area (Å²) in [5.74, 6) is 1.94. The summed E-state index contributed by atoms with van der Waals surface area (Å²) in [6.07, 6.45) is 0.342. The van der Waals surface area contributed by atoms with Crippen molar-refractivity contribution in [2.45, 2.75) is 63.6 Å². The summed E-state index contributed by atoms with van der Waals surface area (Å²) in [7, 11) is 0. The van der Waals surface area contributed by atoms with E-state index in [0.717, 1.165) is 12.2 Å². The second-order valence-corrected chi connectivity index (χ2v) is 7.01. The summed E-state index contributed by atoms with van der Waals surface area (Å²) in [5.41, 5.74) is 0. The number of aromatic nitrogens is 2. The molecule has 0 spiro atoms. The van der Waals surface area contributed by atoms with E-state index in [9.17, 15) is 5.11 Å². The van der Waals surface area contributed by atoms with Gasteiger partial charge in [0, 0.05) is 4.75 Å². The number of aliphatic hydroxyl groups is 1. The molecular formula is C12H22N2O2S. The van der Waals surface area contributed by atoms with Gasteiger partial charge in [-0.3, -0.25) is 0 Å². The van der Waals surface area contributed by atoms with E-state index in [1.54, 1.807) is 18.7 Å². The predicted octanol–water partition coefficient (Wildman–Crippen LogP) is 2.98. The molecule has 0 aliphatic carbocycles. The lowest BCUT2D eigenvalue weighted by molar-refractivity contribution is 0.141. The Balaban J connectivity index is 2.64. The van der Waals surface area contributed by atoms with Crippen LogP contribution in [0.3, 0.4) is 0 Å². The zero-order chi connectivity index (χ0) is 13.1. The highest BCUT2D eigenvalue weighted by Crippen LogP contribution is 2.27. The van der Waals surface area contributed by atoms with Gasteiger partial charge >= 0.3 is 0 Å². The Morgan fingerprint density at radius 2 is 2.06 bits per heavy atom. The largest absolute Gasteiger partial charge is 0.393 e. The topological polar surface area (TPSA) is 59.2 Å². The summed E-state index contributed by atoms with van der Waals surface area (Å²) >= 11 is 1.78. The molecule has 0 aromatic carbocycles. The maximum absolute atomic E-state index is 9.60. The normalized spacial score (nSPS) is 15.9. The first-order valence-corrected chi connectivity index (χ1v) is 6.96. The van der Waals surface area contributed by atoms with E-state index in [2.05, 4.69) is 30.9 Å². The van der Waals surface area contributed by atoms with Crippen molar-refractivity contribution in [3.05, 3.63) is 11.7 Å². The number of aliphatic hydroxyl groups excluding tert-OH is 1. The first-order valence-electron chi connectivity index (χ1n) is 5.98. The lowest BCUT2D eigenvalue weighted by Crippen LogP contribution is -2.14. The first-order chi connectivity index (χ1) is 7.83. The van der Waals surface area contributed by atoms with E-state index in [0.29, 0.717) is 11.7 Å². The van der Waals surface area contributed by atoms with Gasteiger partial charge in [-0.25, -0.2) is 0 Å². The molecule has 0 amide bonds. The quantitative estimate of drug-likeness (QED) is 0.880. The summed E-state index contributed by atoms with van der Waals surface area (Å²) < 4.78 is 5.40. The molecule has 4 nitrogen and oxygen atoms in total. The summed E-state index contributed by atoms with van der Waals surface area (Å²) in [6.45, 7) is 10.2. The first kappa shape index (κ1) is 14.5. The maximum atomic E-state index is 9.60. The van der Waals surface area contributed by atoms with Gasteiger partial charge in [0.2, 0.25) is 5.89 Å². The van der Waals surface area contributed by atoms with Crippen molar-refractivity contribution in [3.8, 4) is 0 Å². The molecule has 0 saturated heterocycles. The summed E-state index contributed by atoms with van der Waals surface area (Å²) in [4.78, 5) is 4.35. The lowest BCUT2D eigenvalue weighted by Gasteiger charge is -2.15. The van der Waals surface area contributed by atoms with Gasteiger partial charge in [0.05, 0.1) is 17.8 Å². The molecule has 98 valence electrons. The van der Waals surface area contributed by atoms with E-state index in [-0.39, 0.29) is 10.7 Å². The Labute approximate surface area is 107 Å². The van der Waals surface area contributed by atoms with Crippen LogP contribution in [-0.2, 0) is 5.75 Å². The zero-order valence-electron chi connectivity index (χ0n) is 11.2. The van der Waals surface area contributed by atoms with Crippen LogP contribution in [0.5, 0.6) is 0 Å². The molecule has 0 saturated carbocycles. The highest BCUT2D eigenvalue weighted by molar-refractivity contribution is 7.99. The van der Waals surface area contributed by atoms with E-state index in [4.69, 9.17) is 4.52 Å². The van der Waals surface area contributed by atoms with Gasteiger partial charge in [-0.1, -0.05) is 32.9 Å². The Morgan fingerprint density at radius 1 is 1.41 bits per heavy atom. The molecule has 17 heavy (non-hydrogen) atoms. The van der Waals surface area contributed by atoms with Crippen LogP contribution < -0.4 is 0 Å². The molecule has 0 radical (unpaired) electrons. The van der Waals surface area contributed by atoms with Gasteiger partial charge in [-0.2, -0.15) is 4.98 Å². The third kappa shape index (κ3) is 4.68. The predicted molar refractivity (Wildman–Crippen MR) is 70.1 cm³/mol. The molecule has 0 aliphatic rings. The van der Waals surface area contributed by atoms with Crippen LogP contribution in [0, 0.1) is 0 Å². The van der Waals surface area contributed by atoms with Crippen LogP contribution in [0.2, 0.25) is 0 Å². The molecule has 5 heteroatoms. The van der Waals surface area contributed by atoms with Gasteiger partial charge < -0.3 is 9.63 Å². The van der Waals surface area contributed by atoms with E-state index >= 15 is 0 Å². The minimum atomic E-state index is -0.455. The Bertz CT molecular complexity index is 345. The lowest BCUT2D eigenvalue weighted by atomic mass is 10.0. The van der Waals surface area contributed by atoms with E-state index < -0.39 is 6.10 Å². The number of hydrogen-bond donors (Lipinski definition) is 1. The second kappa shape index (κ2) is 5.87. The minimum absolute atomic E-state index is 0.0594. The number of nitrogens with zero attached hydrogens (tertiary/aromatic N) is 2. The van der Waals surface area contributed by atoms with Gasteiger partial charge in [0.15, 0.2) is 5.82 Å². The van der Waals surface area contributed by atoms with Crippen molar-refractivity contribution in [1.82, 2.24) is 10.1 Å². The van der Waals surface area contributed by atoms with Crippen molar-refractivity contribution in [2.24, 2.45) is 0 Å². The summed E-state index contributed by atoms with van der Waals surface area (Å²) in [6, 6.07) is 0. The second-order valence-electron chi connectivity index (χ2n) is 5.21. The molecule has 0 bridgehead atoms. The molecule has 0 fully saturated rings. The van der Waals surface area contributed by atoms with Crippen LogP contribution in [0.1, 0.15) is 58.7 Å². The van der Waals surface area contributed by atoms with Crippen LogP contribution in [-0.4, -0.2) is 26.1 Å². The fourth-order valence-corrected chi connectivity index (χ4v) is 2.16. The monoisotopic (exact) mass is 258 g/mol. The molecular weight excluding hydrogens is 236 g/mol. The fourth-order valence-electron chi connectivity index (χ4n) is 1.48. The SMILES string of the molecule is CCC(c1nc(CSC(C)(C)C)no1)C(C)O. The maximum Gasteiger partial charge on any atom is 0.232 e. The summed E-state index contributed by atoms with van der Waals surface area (Å²) in [5, 5.41) is 13.6. The zero-order valence-corrected chi connectivity index (χ0v) is 12.0.